The highest BCUT2D eigenvalue weighted by molar-refractivity contribution is 7.99. The maximum absolute atomic E-state index is 9.05. The van der Waals surface area contributed by atoms with Crippen molar-refractivity contribution < 1.29 is 5.11 Å². The smallest absolute Gasteiger partial charge is 0.227 e. The van der Waals surface area contributed by atoms with Crippen molar-refractivity contribution in [2.24, 2.45) is 0 Å². The summed E-state index contributed by atoms with van der Waals surface area (Å²) in [5.41, 5.74) is 1.16. The minimum atomic E-state index is 0.118. The van der Waals surface area contributed by atoms with Crippen LogP contribution in [-0.4, -0.2) is 72.1 Å². The summed E-state index contributed by atoms with van der Waals surface area (Å²) in [7, 11) is 2.15. The van der Waals surface area contributed by atoms with Crippen molar-refractivity contribution in [2.75, 3.05) is 62.3 Å². The molecule has 1 fully saturated rings. The number of piperazine rings is 1. The van der Waals surface area contributed by atoms with Gasteiger partial charge in [0.1, 0.15) is 5.82 Å². The Labute approximate surface area is 129 Å². The largest absolute Gasteiger partial charge is 0.395 e. The summed E-state index contributed by atoms with van der Waals surface area (Å²) in [4.78, 5) is 15.3. The molecule has 0 spiro atoms. The molecule has 21 heavy (non-hydrogen) atoms. The molecule has 116 valence electrons. The molecule has 1 aromatic rings. The zero-order chi connectivity index (χ0) is 14.7. The van der Waals surface area contributed by atoms with Crippen molar-refractivity contribution in [1.82, 2.24) is 14.9 Å². The number of hydrogen-bond donors (Lipinski definition) is 2. The maximum Gasteiger partial charge on any atom is 0.227 e. The van der Waals surface area contributed by atoms with E-state index in [-0.39, 0.29) is 6.61 Å². The number of nitrogens with zero attached hydrogens (tertiary/aromatic N) is 4. The van der Waals surface area contributed by atoms with Gasteiger partial charge in [-0.15, -0.1) is 11.8 Å². The molecule has 3 heterocycles. The molecule has 7 heteroatoms. The molecule has 2 aliphatic heterocycles. The van der Waals surface area contributed by atoms with E-state index in [1.165, 1.54) is 11.3 Å². The van der Waals surface area contributed by atoms with Crippen molar-refractivity contribution in [3.05, 3.63) is 5.69 Å². The van der Waals surface area contributed by atoms with Crippen LogP contribution in [0.1, 0.15) is 12.1 Å². The number of aliphatic hydroxyl groups excluding tert-OH is 1. The first kappa shape index (κ1) is 14.9. The standard InChI is InChI=1S/C14H23N5OS/c1-18-5-7-19(8-6-18)14-16-11-3-2-10-21-12(11)13(17-14)15-4-9-20/h20H,2-10H2,1H3,(H,15,16,17). The van der Waals surface area contributed by atoms with Crippen LogP contribution in [0, 0.1) is 0 Å². The van der Waals surface area contributed by atoms with Gasteiger partial charge in [0.15, 0.2) is 0 Å². The molecule has 0 atom stereocenters. The molecule has 1 aromatic heterocycles. The lowest BCUT2D eigenvalue weighted by molar-refractivity contribution is 0.310. The predicted octanol–water partition coefficient (Wildman–Crippen LogP) is 0.671. The molecule has 6 nitrogen and oxygen atoms in total. The average Bonchev–Trinajstić information content (AvgIpc) is 2.53. The molecule has 1 saturated heterocycles. The number of aryl methyl sites for hydroxylation is 1. The quantitative estimate of drug-likeness (QED) is 0.847. The van der Waals surface area contributed by atoms with Gasteiger partial charge in [-0.3, -0.25) is 0 Å². The Morgan fingerprint density at radius 1 is 1.24 bits per heavy atom. The summed E-state index contributed by atoms with van der Waals surface area (Å²) < 4.78 is 0. The van der Waals surface area contributed by atoms with Gasteiger partial charge in [-0.05, 0) is 25.6 Å². The number of rotatable bonds is 4. The number of nitrogens with one attached hydrogen (secondary N) is 1. The Kier molecular flexibility index (Phi) is 4.82. The number of aliphatic hydroxyl groups is 1. The van der Waals surface area contributed by atoms with Crippen molar-refractivity contribution >= 4 is 23.5 Å². The van der Waals surface area contributed by atoms with E-state index >= 15 is 0 Å². The van der Waals surface area contributed by atoms with Gasteiger partial charge in [-0.25, -0.2) is 4.98 Å². The summed E-state index contributed by atoms with van der Waals surface area (Å²) in [6.45, 7) is 4.70. The summed E-state index contributed by atoms with van der Waals surface area (Å²) in [6, 6.07) is 0. The van der Waals surface area contributed by atoms with Crippen molar-refractivity contribution in [1.29, 1.82) is 0 Å². The molecule has 0 radical (unpaired) electrons. The van der Waals surface area contributed by atoms with Crippen LogP contribution in [0.4, 0.5) is 11.8 Å². The third-order valence-corrected chi connectivity index (χ3v) is 5.13. The molecule has 0 amide bonds. The lowest BCUT2D eigenvalue weighted by Crippen LogP contribution is -2.45. The Morgan fingerprint density at radius 2 is 2.05 bits per heavy atom. The summed E-state index contributed by atoms with van der Waals surface area (Å²) in [5, 5.41) is 12.3. The second kappa shape index (κ2) is 6.81. The molecule has 0 bridgehead atoms. The fraction of sp³-hybridized carbons (Fsp3) is 0.714. The molecule has 3 rings (SSSR count). The SMILES string of the molecule is CN1CCN(c2nc3c(c(NCCO)n2)SCCC3)CC1. The minimum Gasteiger partial charge on any atom is -0.395 e. The molecule has 0 aliphatic carbocycles. The van der Waals surface area contributed by atoms with Crippen molar-refractivity contribution in [2.45, 2.75) is 17.7 Å². The van der Waals surface area contributed by atoms with E-state index in [9.17, 15) is 0 Å². The number of aromatic nitrogens is 2. The molecular weight excluding hydrogens is 286 g/mol. The molecule has 0 saturated carbocycles. The van der Waals surface area contributed by atoms with Crippen molar-refractivity contribution in [3.63, 3.8) is 0 Å². The fourth-order valence-electron chi connectivity index (χ4n) is 2.66. The number of thioether (sulfide) groups is 1. The van der Waals surface area contributed by atoms with E-state index in [0.717, 1.165) is 55.8 Å². The maximum atomic E-state index is 9.05. The van der Waals surface area contributed by atoms with Gasteiger partial charge < -0.3 is 20.2 Å². The average molecular weight is 309 g/mol. The number of fused-ring (bicyclic) bond motifs is 1. The number of anilines is 2. The zero-order valence-electron chi connectivity index (χ0n) is 12.5. The minimum absolute atomic E-state index is 0.118. The Balaban J connectivity index is 1.86. The highest BCUT2D eigenvalue weighted by Crippen LogP contribution is 2.35. The molecule has 2 aliphatic rings. The number of likely N-dealkylation sites (N-methyl/N-ethyl adjacent to an activating group) is 1. The molecular formula is C14H23N5OS. The first-order valence-corrected chi connectivity index (χ1v) is 8.58. The fourth-order valence-corrected chi connectivity index (χ4v) is 3.72. The Hall–Kier alpha value is -1.05. The van der Waals surface area contributed by atoms with E-state index in [1.807, 2.05) is 11.8 Å². The summed E-state index contributed by atoms with van der Waals surface area (Å²) in [5.74, 6) is 2.86. The first-order chi connectivity index (χ1) is 10.3. The number of hydrogen-bond acceptors (Lipinski definition) is 7. The molecule has 0 aromatic carbocycles. The lowest BCUT2D eigenvalue weighted by atomic mass is 10.2. The lowest BCUT2D eigenvalue weighted by Gasteiger charge is -2.33. The van der Waals surface area contributed by atoms with Crippen LogP contribution in [0.3, 0.4) is 0 Å². The summed E-state index contributed by atoms with van der Waals surface area (Å²) >= 11 is 1.83. The van der Waals surface area contributed by atoms with Crippen LogP contribution >= 0.6 is 11.8 Å². The van der Waals surface area contributed by atoms with Crippen LogP contribution in [0.25, 0.3) is 0 Å². The predicted molar refractivity (Wildman–Crippen MR) is 86.4 cm³/mol. The normalized spacial score (nSPS) is 19.4. The van der Waals surface area contributed by atoms with Crippen LogP contribution in [0.2, 0.25) is 0 Å². The Morgan fingerprint density at radius 3 is 2.81 bits per heavy atom. The van der Waals surface area contributed by atoms with Crippen LogP contribution in [-0.2, 0) is 6.42 Å². The van der Waals surface area contributed by atoms with E-state index in [2.05, 4.69) is 22.2 Å². The zero-order valence-corrected chi connectivity index (χ0v) is 13.3. The first-order valence-electron chi connectivity index (χ1n) is 7.60. The van der Waals surface area contributed by atoms with Gasteiger partial charge in [0.25, 0.3) is 0 Å². The van der Waals surface area contributed by atoms with Gasteiger partial charge in [0.2, 0.25) is 5.95 Å². The monoisotopic (exact) mass is 309 g/mol. The Bertz CT molecular complexity index is 490. The van der Waals surface area contributed by atoms with Crippen LogP contribution in [0.5, 0.6) is 0 Å². The van der Waals surface area contributed by atoms with E-state index in [1.54, 1.807) is 0 Å². The van der Waals surface area contributed by atoms with E-state index in [4.69, 9.17) is 15.1 Å². The molecule has 0 unspecified atom stereocenters. The van der Waals surface area contributed by atoms with Gasteiger partial charge in [0, 0.05) is 32.7 Å². The third-order valence-electron chi connectivity index (χ3n) is 3.92. The van der Waals surface area contributed by atoms with Crippen LogP contribution < -0.4 is 10.2 Å². The highest BCUT2D eigenvalue weighted by atomic mass is 32.2. The van der Waals surface area contributed by atoms with Gasteiger partial charge in [0.05, 0.1) is 17.2 Å². The van der Waals surface area contributed by atoms with Gasteiger partial charge in [-0.2, -0.15) is 4.98 Å². The highest BCUT2D eigenvalue weighted by Gasteiger charge is 2.22. The van der Waals surface area contributed by atoms with E-state index in [0.29, 0.717) is 6.54 Å². The molecule has 2 N–H and O–H groups in total. The van der Waals surface area contributed by atoms with E-state index < -0.39 is 0 Å². The topological polar surface area (TPSA) is 64.5 Å². The van der Waals surface area contributed by atoms with Crippen LogP contribution in [0.15, 0.2) is 4.90 Å². The van der Waals surface area contributed by atoms with Crippen molar-refractivity contribution in [3.8, 4) is 0 Å². The second-order valence-electron chi connectivity index (χ2n) is 5.54. The van der Waals surface area contributed by atoms with Gasteiger partial charge >= 0.3 is 0 Å². The third kappa shape index (κ3) is 3.41. The summed E-state index contributed by atoms with van der Waals surface area (Å²) in [6.07, 6.45) is 2.20. The van der Waals surface area contributed by atoms with Gasteiger partial charge in [-0.1, -0.05) is 0 Å². The second-order valence-corrected chi connectivity index (χ2v) is 6.65.